The van der Waals surface area contributed by atoms with Gasteiger partial charge in [0, 0.05) is 44.5 Å². The molecule has 2 aromatic rings. The van der Waals surface area contributed by atoms with Gasteiger partial charge in [-0.3, -0.25) is 9.69 Å². The molecule has 1 unspecified atom stereocenters. The third-order valence-corrected chi connectivity index (χ3v) is 6.37. The average Bonchev–Trinajstić information content (AvgIpc) is 3.43. The maximum atomic E-state index is 13.0. The van der Waals surface area contributed by atoms with Crippen molar-refractivity contribution in [3.05, 3.63) is 76.0 Å². The van der Waals surface area contributed by atoms with Gasteiger partial charge in [0.1, 0.15) is 5.75 Å². The van der Waals surface area contributed by atoms with Crippen molar-refractivity contribution in [3.63, 3.8) is 0 Å². The molecule has 1 aliphatic carbocycles. The van der Waals surface area contributed by atoms with Crippen LogP contribution in [0.2, 0.25) is 0 Å². The second kappa shape index (κ2) is 9.93. The number of carbonyl (C=O) groups is 1. The fraction of sp³-hybridized carbons (Fsp3) is 0.385. The summed E-state index contributed by atoms with van der Waals surface area (Å²) in [5.41, 5.74) is 10.7. The average molecular weight is 469 g/mol. The zero-order valence-corrected chi connectivity index (χ0v) is 19.2. The second-order valence-corrected chi connectivity index (χ2v) is 9.10. The topological polar surface area (TPSA) is 91.4 Å². The fourth-order valence-electron chi connectivity index (χ4n) is 4.12. The lowest BCUT2D eigenvalue weighted by Crippen LogP contribution is -2.30. The Hall–Kier alpha value is -3.26. The Bertz CT molecular complexity index is 1090. The number of alkyl halides is 2. The van der Waals surface area contributed by atoms with E-state index in [1.807, 2.05) is 30.3 Å². The lowest BCUT2D eigenvalue weighted by Gasteiger charge is -2.29. The number of hydrogen-bond donors (Lipinski definition) is 3. The molecule has 1 saturated carbocycles. The van der Waals surface area contributed by atoms with Crippen molar-refractivity contribution < 1.29 is 18.3 Å². The predicted octanol–water partition coefficient (Wildman–Crippen LogP) is 3.78. The van der Waals surface area contributed by atoms with E-state index in [0.29, 0.717) is 18.0 Å². The van der Waals surface area contributed by atoms with Gasteiger partial charge in [0.2, 0.25) is 0 Å². The molecule has 0 saturated heterocycles. The molecule has 1 amide bonds. The summed E-state index contributed by atoms with van der Waals surface area (Å²) in [6.45, 7) is 4.58. The molecule has 0 aromatic heterocycles. The number of nitrogens with one attached hydrogen (secondary N) is 2. The van der Waals surface area contributed by atoms with Crippen LogP contribution in [0.3, 0.4) is 0 Å². The van der Waals surface area contributed by atoms with Gasteiger partial charge in [-0.2, -0.15) is 0 Å². The summed E-state index contributed by atoms with van der Waals surface area (Å²) in [5.74, 6) is -2.88. The van der Waals surface area contributed by atoms with Gasteiger partial charge < -0.3 is 21.2 Å². The quantitative estimate of drug-likeness (QED) is 0.386. The molecule has 6 nitrogen and oxygen atoms in total. The van der Waals surface area contributed by atoms with Crippen molar-refractivity contribution in [2.45, 2.75) is 45.3 Å². The molecule has 2 aromatic carbocycles. The van der Waals surface area contributed by atoms with Crippen LogP contribution in [0.15, 0.2) is 53.7 Å². The van der Waals surface area contributed by atoms with E-state index in [2.05, 4.69) is 22.3 Å². The van der Waals surface area contributed by atoms with Gasteiger partial charge >= 0.3 is 0 Å². The molecule has 180 valence electrons. The first kappa shape index (κ1) is 23.9. The Morgan fingerprint density at radius 3 is 2.59 bits per heavy atom. The first-order chi connectivity index (χ1) is 16.2. The SMILES string of the molecule is C/C(N)=C(/C=N)C(=O)NCc1ccc(CN2CCc3cc(OCC4CC4(F)F)ccc3C2)cc1. The number of carbonyl (C=O) groups excluding carboxylic acids is 1. The molecule has 0 spiro atoms. The first-order valence-corrected chi connectivity index (χ1v) is 11.4. The zero-order valence-electron chi connectivity index (χ0n) is 19.2. The van der Waals surface area contributed by atoms with Gasteiger partial charge in [-0.25, -0.2) is 8.78 Å². The van der Waals surface area contributed by atoms with Crippen LogP contribution in [0.4, 0.5) is 8.78 Å². The molecule has 0 bridgehead atoms. The van der Waals surface area contributed by atoms with Crippen molar-refractivity contribution >= 4 is 12.1 Å². The van der Waals surface area contributed by atoms with Gasteiger partial charge in [0.25, 0.3) is 11.8 Å². The van der Waals surface area contributed by atoms with Crippen molar-refractivity contribution in [2.24, 2.45) is 11.7 Å². The Morgan fingerprint density at radius 1 is 1.24 bits per heavy atom. The number of allylic oxidation sites excluding steroid dienone is 1. The lowest BCUT2D eigenvalue weighted by molar-refractivity contribution is -0.117. The van der Waals surface area contributed by atoms with Crippen molar-refractivity contribution in [1.29, 1.82) is 5.41 Å². The Kier molecular flexibility index (Phi) is 6.97. The van der Waals surface area contributed by atoms with Crippen LogP contribution < -0.4 is 15.8 Å². The summed E-state index contributed by atoms with van der Waals surface area (Å²) in [7, 11) is 0. The Labute approximate surface area is 198 Å². The number of hydrogen-bond acceptors (Lipinski definition) is 5. The summed E-state index contributed by atoms with van der Waals surface area (Å²) in [5, 5.41) is 10.1. The molecule has 4 rings (SSSR count). The largest absolute Gasteiger partial charge is 0.493 e. The third kappa shape index (κ3) is 5.80. The molecule has 8 heteroatoms. The number of halogens is 2. The van der Waals surface area contributed by atoms with Crippen LogP contribution in [-0.4, -0.2) is 36.1 Å². The standard InChI is InChI=1S/C26H30F2N4O2/c1-17(30)24(12-29)25(33)31-13-18-2-4-19(5-3-18)14-32-9-8-20-10-23(7-6-21(20)15-32)34-16-22-11-26(22,27)28/h2-7,10,12,22,29H,8-9,11,13-16,30H2,1H3,(H,31,33)/b24-17+,29-12?. The van der Waals surface area contributed by atoms with Crippen LogP contribution in [-0.2, 0) is 30.8 Å². The Morgan fingerprint density at radius 2 is 1.94 bits per heavy atom. The van der Waals surface area contributed by atoms with E-state index in [-0.39, 0.29) is 24.5 Å². The van der Waals surface area contributed by atoms with E-state index in [9.17, 15) is 13.6 Å². The number of nitrogens with zero attached hydrogens (tertiary/aromatic N) is 1. The molecule has 34 heavy (non-hydrogen) atoms. The first-order valence-electron chi connectivity index (χ1n) is 11.4. The maximum absolute atomic E-state index is 13.0. The number of nitrogens with two attached hydrogens (primary N) is 1. The molecule has 1 heterocycles. The summed E-state index contributed by atoms with van der Waals surface area (Å²) < 4.78 is 31.7. The van der Waals surface area contributed by atoms with Crippen molar-refractivity contribution in [2.75, 3.05) is 13.2 Å². The molecule has 4 N–H and O–H groups in total. The van der Waals surface area contributed by atoms with E-state index < -0.39 is 11.8 Å². The van der Waals surface area contributed by atoms with Crippen LogP contribution in [0, 0.1) is 11.3 Å². The second-order valence-electron chi connectivity index (χ2n) is 9.10. The smallest absolute Gasteiger partial charge is 0.255 e. The molecule has 0 radical (unpaired) electrons. The number of amides is 1. The number of benzene rings is 2. The summed E-state index contributed by atoms with van der Waals surface area (Å²) >= 11 is 0. The molecule has 1 fully saturated rings. The van der Waals surface area contributed by atoms with Crippen LogP contribution in [0.5, 0.6) is 5.75 Å². The minimum atomic E-state index is -2.55. The molecule has 1 aliphatic heterocycles. The summed E-state index contributed by atoms with van der Waals surface area (Å²) in [6.07, 6.45) is 1.78. The Balaban J connectivity index is 1.27. The van der Waals surface area contributed by atoms with Gasteiger partial charge in [0.05, 0.1) is 18.1 Å². The van der Waals surface area contributed by atoms with Gasteiger partial charge in [-0.1, -0.05) is 30.3 Å². The van der Waals surface area contributed by atoms with Crippen molar-refractivity contribution in [3.8, 4) is 5.75 Å². The molecular formula is C26H30F2N4O2. The van der Waals surface area contributed by atoms with Crippen LogP contribution in [0.25, 0.3) is 0 Å². The molecular weight excluding hydrogens is 438 g/mol. The minimum Gasteiger partial charge on any atom is -0.493 e. The van der Waals surface area contributed by atoms with E-state index in [1.54, 1.807) is 6.92 Å². The van der Waals surface area contributed by atoms with Gasteiger partial charge in [-0.15, -0.1) is 0 Å². The third-order valence-electron chi connectivity index (χ3n) is 6.37. The van der Waals surface area contributed by atoms with E-state index >= 15 is 0 Å². The zero-order chi connectivity index (χ0) is 24.3. The highest BCUT2D eigenvalue weighted by atomic mass is 19.3. The van der Waals surface area contributed by atoms with Gasteiger partial charge in [0.15, 0.2) is 0 Å². The highest BCUT2D eigenvalue weighted by molar-refractivity contribution is 6.11. The normalized spacial score (nSPS) is 19.6. The van der Waals surface area contributed by atoms with E-state index in [1.165, 1.54) is 16.7 Å². The molecule has 1 atom stereocenters. The van der Waals surface area contributed by atoms with Crippen molar-refractivity contribution in [1.82, 2.24) is 10.2 Å². The monoisotopic (exact) mass is 468 g/mol. The van der Waals surface area contributed by atoms with E-state index in [0.717, 1.165) is 37.8 Å². The summed E-state index contributed by atoms with van der Waals surface area (Å²) in [4.78, 5) is 14.5. The van der Waals surface area contributed by atoms with Crippen LogP contribution in [0.1, 0.15) is 35.6 Å². The van der Waals surface area contributed by atoms with Crippen LogP contribution >= 0.6 is 0 Å². The van der Waals surface area contributed by atoms with Gasteiger partial charge in [-0.05, 0) is 47.7 Å². The molecule has 2 aliphatic rings. The fourth-order valence-corrected chi connectivity index (χ4v) is 4.12. The maximum Gasteiger partial charge on any atom is 0.255 e. The highest BCUT2D eigenvalue weighted by Gasteiger charge is 2.57. The predicted molar refractivity (Wildman–Crippen MR) is 127 cm³/mol. The number of ether oxygens (including phenoxy) is 1. The summed E-state index contributed by atoms with van der Waals surface area (Å²) in [6, 6.07) is 14.0. The number of fused-ring (bicyclic) bond motifs is 1. The number of rotatable bonds is 9. The minimum absolute atomic E-state index is 0.0699. The lowest BCUT2D eigenvalue weighted by atomic mass is 9.99. The highest BCUT2D eigenvalue weighted by Crippen LogP contribution is 2.48. The van der Waals surface area contributed by atoms with E-state index in [4.69, 9.17) is 15.9 Å².